The molecular formula is C15H15BrS. The summed E-state index contributed by atoms with van der Waals surface area (Å²) in [6.45, 7) is 2.14. The first-order valence-corrected chi connectivity index (χ1v) is 7.56. The lowest BCUT2D eigenvalue weighted by Crippen LogP contribution is -1.84. The van der Waals surface area contributed by atoms with Crippen LogP contribution in [0.1, 0.15) is 16.7 Å². The molecule has 0 atom stereocenters. The van der Waals surface area contributed by atoms with E-state index in [2.05, 4.69) is 71.4 Å². The summed E-state index contributed by atoms with van der Waals surface area (Å²) < 4.78 is 1.16. The number of aryl methyl sites for hydroxylation is 1. The third kappa shape index (κ3) is 4.21. The fraction of sp³-hybridized carbons (Fsp3) is 0.200. The second-order valence-electron chi connectivity index (χ2n) is 4.11. The molecule has 88 valence electrons. The van der Waals surface area contributed by atoms with Crippen molar-refractivity contribution in [2.75, 3.05) is 0 Å². The Balaban J connectivity index is 1.87. The molecule has 0 radical (unpaired) electrons. The first-order valence-electron chi connectivity index (χ1n) is 5.62. The van der Waals surface area contributed by atoms with Gasteiger partial charge < -0.3 is 0 Å². The smallest absolute Gasteiger partial charge is 0.0188 e. The topological polar surface area (TPSA) is 0 Å². The molecular weight excluding hydrogens is 292 g/mol. The monoisotopic (exact) mass is 306 g/mol. The van der Waals surface area contributed by atoms with Crippen LogP contribution in [0, 0.1) is 6.92 Å². The number of rotatable bonds is 4. The van der Waals surface area contributed by atoms with Gasteiger partial charge in [-0.1, -0.05) is 57.9 Å². The van der Waals surface area contributed by atoms with Gasteiger partial charge in [0.2, 0.25) is 0 Å². The molecule has 0 nitrogen and oxygen atoms in total. The first-order chi connectivity index (χ1) is 8.24. The van der Waals surface area contributed by atoms with E-state index in [4.69, 9.17) is 0 Å². The molecule has 0 aliphatic heterocycles. The van der Waals surface area contributed by atoms with E-state index in [1.165, 1.54) is 16.7 Å². The lowest BCUT2D eigenvalue weighted by molar-refractivity contribution is 1.33. The Morgan fingerprint density at radius 1 is 0.941 bits per heavy atom. The van der Waals surface area contributed by atoms with Crippen LogP contribution in [0.25, 0.3) is 0 Å². The van der Waals surface area contributed by atoms with E-state index >= 15 is 0 Å². The summed E-state index contributed by atoms with van der Waals surface area (Å²) in [5, 5.41) is 0. The molecule has 0 amide bonds. The Bertz CT molecular complexity index is 448. The molecule has 2 rings (SSSR count). The zero-order chi connectivity index (χ0) is 12.1. The van der Waals surface area contributed by atoms with Crippen LogP contribution in [0.4, 0.5) is 0 Å². The molecule has 0 bridgehead atoms. The van der Waals surface area contributed by atoms with Gasteiger partial charge in [-0.15, -0.1) is 0 Å². The van der Waals surface area contributed by atoms with Crippen molar-refractivity contribution in [1.29, 1.82) is 0 Å². The van der Waals surface area contributed by atoms with Crippen LogP contribution in [0.2, 0.25) is 0 Å². The zero-order valence-electron chi connectivity index (χ0n) is 9.82. The molecule has 17 heavy (non-hydrogen) atoms. The maximum atomic E-state index is 3.50. The average Bonchev–Trinajstić information content (AvgIpc) is 2.29. The highest BCUT2D eigenvalue weighted by Crippen LogP contribution is 2.20. The molecule has 2 heteroatoms. The maximum Gasteiger partial charge on any atom is 0.0188 e. The van der Waals surface area contributed by atoms with Gasteiger partial charge in [0, 0.05) is 16.0 Å². The van der Waals surface area contributed by atoms with Crippen LogP contribution in [-0.2, 0) is 11.5 Å². The Kier molecular flexibility index (Phi) is 4.69. The van der Waals surface area contributed by atoms with Crippen LogP contribution < -0.4 is 0 Å². The third-order valence-corrected chi connectivity index (χ3v) is 4.08. The van der Waals surface area contributed by atoms with Crippen LogP contribution in [0.5, 0.6) is 0 Å². The molecule has 0 spiro atoms. The van der Waals surface area contributed by atoms with Crippen molar-refractivity contribution in [3.8, 4) is 0 Å². The van der Waals surface area contributed by atoms with Crippen molar-refractivity contribution in [2.24, 2.45) is 0 Å². The van der Waals surface area contributed by atoms with Gasteiger partial charge in [0.15, 0.2) is 0 Å². The molecule has 0 fully saturated rings. The Morgan fingerprint density at radius 2 is 1.59 bits per heavy atom. The zero-order valence-corrected chi connectivity index (χ0v) is 12.2. The lowest BCUT2D eigenvalue weighted by atomic mass is 10.2. The van der Waals surface area contributed by atoms with Gasteiger partial charge >= 0.3 is 0 Å². The molecule has 0 saturated heterocycles. The van der Waals surface area contributed by atoms with E-state index in [-0.39, 0.29) is 0 Å². The minimum Gasteiger partial charge on any atom is -0.152 e. The number of benzene rings is 2. The van der Waals surface area contributed by atoms with E-state index in [0.29, 0.717) is 0 Å². The molecule has 0 aliphatic rings. The summed E-state index contributed by atoms with van der Waals surface area (Å²) in [7, 11) is 0. The van der Waals surface area contributed by atoms with Crippen molar-refractivity contribution in [1.82, 2.24) is 0 Å². The molecule has 0 heterocycles. The molecule has 0 aliphatic carbocycles. The van der Waals surface area contributed by atoms with E-state index in [1.54, 1.807) is 0 Å². The van der Waals surface area contributed by atoms with E-state index in [0.717, 1.165) is 16.0 Å². The minimum atomic E-state index is 1.06. The van der Waals surface area contributed by atoms with Crippen LogP contribution in [0.15, 0.2) is 53.0 Å². The second-order valence-corrected chi connectivity index (χ2v) is 6.01. The Labute approximate surface area is 116 Å². The van der Waals surface area contributed by atoms with Crippen molar-refractivity contribution in [3.63, 3.8) is 0 Å². The fourth-order valence-corrected chi connectivity index (χ4v) is 3.09. The predicted molar refractivity (Wildman–Crippen MR) is 80.3 cm³/mol. The van der Waals surface area contributed by atoms with E-state index in [1.807, 2.05) is 11.8 Å². The van der Waals surface area contributed by atoms with Crippen LogP contribution >= 0.6 is 27.7 Å². The van der Waals surface area contributed by atoms with E-state index < -0.39 is 0 Å². The van der Waals surface area contributed by atoms with Gasteiger partial charge in [0.05, 0.1) is 0 Å². The molecule has 2 aromatic carbocycles. The second kappa shape index (κ2) is 6.27. The highest BCUT2D eigenvalue weighted by atomic mass is 79.9. The minimum absolute atomic E-state index is 1.06. The number of hydrogen-bond donors (Lipinski definition) is 0. The molecule has 0 saturated carbocycles. The standard InChI is InChI=1S/C15H15BrS/c1-12-4-2-5-13(8-12)10-17-11-14-6-3-7-15(16)9-14/h2-9H,10-11H2,1H3. The third-order valence-electron chi connectivity index (χ3n) is 2.51. The summed E-state index contributed by atoms with van der Waals surface area (Å²) in [5.41, 5.74) is 4.12. The van der Waals surface area contributed by atoms with Crippen molar-refractivity contribution >= 4 is 27.7 Å². The van der Waals surface area contributed by atoms with Gasteiger partial charge in [-0.3, -0.25) is 0 Å². The van der Waals surface area contributed by atoms with E-state index in [9.17, 15) is 0 Å². The Morgan fingerprint density at radius 3 is 2.24 bits per heavy atom. The van der Waals surface area contributed by atoms with Gasteiger partial charge in [-0.25, -0.2) is 0 Å². The summed E-state index contributed by atoms with van der Waals surface area (Å²) in [6.07, 6.45) is 0. The summed E-state index contributed by atoms with van der Waals surface area (Å²) >= 11 is 5.46. The number of hydrogen-bond acceptors (Lipinski definition) is 1. The normalized spacial score (nSPS) is 10.5. The molecule has 2 aromatic rings. The molecule has 0 unspecified atom stereocenters. The lowest BCUT2D eigenvalue weighted by Gasteiger charge is -2.04. The van der Waals surface area contributed by atoms with Crippen molar-refractivity contribution < 1.29 is 0 Å². The van der Waals surface area contributed by atoms with Crippen LogP contribution in [-0.4, -0.2) is 0 Å². The summed E-state index contributed by atoms with van der Waals surface area (Å²) in [4.78, 5) is 0. The maximum absolute atomic E-state index is 3.50. The Hall–Kier alpha value is -0.730. The summed E-state index contributed by atoms with van der Waals surface area (Å²) in [5.74, 6) is 2.14. The van der Waals surface area contributed by atoms with Crippen molar-refractivity contribution in [3.05, 3.63) is 69.7 Å². The largest absolute Gasteiger partial charge is 0.152 e. The van der Waals surface area contributed by atoms with Gasteiger partial charge in [0.1, 0.15) is 0 Å². The molecule has 0 aromatic heterocycles. The highest BCUT2D eigenvalue weighted by molar-refractivity contribution is 9.10. The average molecular weight is 307 g/mol. The van der Waals surface area contributed by atoms with Gasteiger partial charge in [-0.2, -0.15) is 11.8 Å². The predicted octanol–water partition coefficient (Wildman–Crippen LogP) is 5.19. The molecule has 0 N–H and O–H groups in total. The number of halogens is 1. The first kappa shape index (κ1) is 12.7. The van der Waals surface area contributed by atoms with Crippen LogP contribution in [0.3, 0.4) is 0 Å². The van der Waals surface area contributed by atoms with Crippen molar-refractivity contribution in [2.45, 2.75) is 18.4 Å². The SMILES string of the molecule is Cc1cccc(CSCc2cccc(Br)c2)c1. The van der Waals surface area contributed by atoms with Gasteiger partial charge in [0.25, 0.3) is 0 Å². The van der Waals surface area contributed by atoms with Gasteiger partial charge in [-0.05, 0) is 30.2 Å². The highest BCUT2D eigenvalue weighted by Gasteiger charge is 1.97. The fourth-order valence-electron chi connectivity index (χ4n) is 1.72. The quantitative estimate of drug-likeness (QED) is 0.749. The summed E-state index contributed by atoms with van der Waals surface area (Å²) in [6, 6.07) is 17.2. The number of thioether (sulfide) groups is 1.